The number of methoxy groups -OCH3 is 1. The summed E-state index contributed by atoms with van der Waals surface area (Å²) < 4.78 is 6.63. The second-order valence-electron chi connectivity index (χ2n) is 5.73. The molecule has 0 aliphatic rings. The van der Waals surface area contributed by atoms with Crippen molar-refractivity contribution >= 4 is 11.9 Å². The second-order valence-corrected chi connectivity index (χ2v) is 5.73. The number of carboxylic acid groups (broad SMARTS) is 1. The molecule has 9 nitrogen and oxygen atoms in total. The van der Waals surface area contributed by atoms with E-state index < -0.39 is 17.9 Å². The maximum Gasteiger partial charge on any atom is 0.308 e. The van der Waals surface area contributed by atoms with Gasteiger partial charge in [-0.05, 0) is 35.0 Å². The number of amides is 1. The molecule has 0 aliphatic heterocycles. The largest absolute Gasteiger partial charge is 0.497 e. The molecule has 2 aromatic rings. The molecule has 9 heteroatoms. The molecule has 25 heavy (non-hydrogen) atoms. The molecule has 0 radical (unpaired) electrons. The summed E-state index contributed by atoms with van der Waals surface area (Å²) in [6.07, 6.45) is 0.344. The third-order valence-electron chi connectivity index (χ3n) is 3.82. The topological polar surface area (TPSA) is 119 Å². The Bertz CT molecular complexity index is 746. The van der Waals surface area contributed by atoms with E-state index in [0.29, 0.717) is 18.0 Å². The number of hydrogen-bond donors (Lipinski definition) is 2. The molecule has 0 bridgehead atoms. The quantitative estimate of drug-likeness (QED) is 0.718. The van der Waals surface area contributed by atoms with Crippen LogP contribution in [0.3, 0.4) is 0 Å². The van der Waals surface area contributed by atoms with Gasteiger partial charge in [0.2, 0.25) is 5.91 Å². The Labute approximate surface area is 145 Å². The fourth-order valence-corrected chi connectivity index (χ4v) is 2.30. The number of rotatable bonds is 8. The number of aliphatic carboxylic acids is 1. The monoisotopic (exact) mass is 347 g/mol. The first-order chi connectivity index (χ1) is 11.9. The number of aryl methyl sites for hydroxylation is 1. The molecule has 2 unspecified atom stereocenters. The van der Waals surface area contributed by atoms with Gasteiger partial charge in [0.25, 0.3) is 0 Å². The van der Waals surface area contributed by atoms with Crippen molar-refractivity contribution in [1.29, 1.82) is 0 Å². The van der Waals surface area contributed by atoms with E-state index in [-0.39, 0.29) is 12.5 Å². The molecule has 0 aliphatic carbocycles. The maximum absolute atomic E-state index is 12.6. The molecule has 134 valence electrons. The van der Waals surface area contributed by atoms with E-state index in [2.05, 4.69) is 20.8 Å². The fourth-order valence-electron chi connectivity index (χ4n) is 2.30. The molecule has 0 saturated heterocycles. The standard InChI is InChI=1S/C16H21N5O4/c1-10(16(23)24)9-17-15(22)14(21-11(2)18-19-20-21)8-12-5-4-6-13(7-12)25-3/h4-7,10,14H,8-9H2,1-3H3,(H,17,22)(H,23,24). The number of benzene rings is 1. The van der Waals surface area contributed by atoms with Crippen molar-refractivity contribution in [2.75, 3.05) is 13.7 Å². The molecule has 1 heterocycles. The van der Waals surface area contributed by atoms with Crippen LogP contribution < -0.4 is 10.1 Å². The number of tetrazole rings is 1. The Hall–Kier alpha value is -2.97. The van der Waals surface area contributed by atoms with Crippen molar-refractivity contribution in [1.82, 2.24) is 25.5 Å². The average molecular weight is 347 g/mol. The zero-order valence-corrected chi connectivity index (χ0v) is 14.3. The summed E-state index contributed by atoms with van der Waals surface area (Å²) in [6.45, 7) is 3.26. The molecule has 1 aromatic carbocycles. The van der Waals surface area contributed by atoms with Gasteiger partial charge in [-0.15, -0.1) is 5.10 Å². The zero-order valence-electron chi connectivity index (χ0n) is 14.3. The van der Waals surface area contributed by atoms with Crippen molar-refractivity contribution in [2.24, 2.45) is 5.92 Å². The van der Waals surface area contributed by atoms with Gasteiger partial charge in [0.15, 0.2) is 0 Å². The first kappa shape index (κ1) is 18.4. The van der Waals surface area contributed by atoms with Crippen LogP contribution in [0.25, 0.3) is 0 Å². The van der Waals surface area contributed by atoms with Crippen molar-refractivity contribution in [3.8, 4) is 5.75 Å². The Morgan fingerprint density at radius 1 is 1.40 bits per heavy atom. The predicted octanol–water partition coefficient (Wildman–Crippen LogP) is 0.611. The summed E-state index contributed by atoms with van der Waals surface area (Å²) in [7, 11) is 1.57. The summed E-state index contributed by atoms with van der Waals surface area (Å²) in [6, 6.07) is 6.67. The van der Waals surface area contributed by atoms with Gasteiger partial charge < -0.3 is 15.2 Å². The molecule has 2 atom stereocenters. The second kappa shape index (κ2) is 8.22. The fraction of sp³-hybridized carbons (Fsp3) is 0.438. The molecule has 0 spiro atoms. The lowest BCUT2D eigenvalue weighted by atomic mass is 10.0. The van der Waals surface area contributed by atoms with Gasteiger partial charge in [-0.1, -0.05) is 19.1 Å². The highest BCUT2D eigenvalue weighted by Gasteiger charge is 2.25. The van der Waals surface area contributed by atoms with E-state index in [4.69, 9.17) is 9.84 Å². The van der Waals surface area contributed by atoms with Crippen LogP contribution in [-0.4, -0.2) is 50.8 Å². The maximum atomic E-state index is 12.6. The van der Waals surface area contributed by atoms with E-state index in [9.17, 15) is 9.59 Å². The first-order valence-electron chi connectivity index (χ1n) is 7.80. The molecule has 2 N–H and O–H groups in total. The minimum atomic E-state index is -0.969. The predicted molar refractivity (Wildman–Crippen MR) is 88.1 cm³/mol. The van der Waals surface area contributed by atoms with Crippen LogP contribution in [0.5, 0.6) is 5.75 Å². The molecule has 1 aromatic heterocycles. The first-order valence-corrected chi connectivity index (χ1v) is 7.80. The Morgan fingerprint density at radius 3 is 2.76 bits per heavy atom. The molecule has 2 rings (SSSR count). The van der Waals surface area contributed by atoms with Crippen molar-refractivity contribution in [3.63, 3.8) is 0 Å². The van der Waals surface area contributed by atoms with Gasteiger partial charge in [-0.3, -0.25) is 9.59 Å². The Kier molecular flexibility index (Phi) is 6.04. The highest BCUT2D eigenvalue weighted by atomic mass is 16.5. The Morgan fingerprint density at radius 2 is 2.16 bits per heavy atom. The highest BCUT2D eigenvalue weighted by Crippen LogP contribution is 2.19. The average Bonchev–Trinajstić information content (AvgIpc) is 3.03. The van der Waals surface area contributed by atoms with Crippen LogP contribution in [0.4, 0.5) is 0 Å². The number of carbonyl (C=O) groups excluding carboxylic acids is 1. The smallest absolute Gasteiger partial charge is 0.308 e. The SMILES string of the molecule is COc1cccc(CC(C(=O)NCC(C)C(=O)O)n2nnnc2C)c1. The van der Waals surface area contributed by atoms with Gasteiger partial charge in [-0.25, -0.2) is 4.68 Å². The molecule has 0 saturated carbocycles. The van der Waals surface area contributed by atoms with Gasteiger partial charge in [-0.2, -0.15) is 0 Å². The van der Waals surface area contributed by atoms with Gasteiger partial charge in [0.05, 0.1) is 13.0 Å². The molecular formula is C16H21N5O4. The lowest BCUT2D eigenvalue weighted by Gasteiger charge is -2.18. The molecule has 1 amide bonds. The zero-order chi connectivity index (χ0) is 18.4. The molecule has 0 fully saturated rings. The number of nitrogens with zero attached hydrogens (tertiary/aromatic N) is 4. The van der Waals surface area contributed by atoms with Gasteiger partial charge in [0.1, 0.15) is 17.6 Å². The number of hydrogen-bond acceptors (Lipinski definition) is 6. The van der Waals surface area contributed by atoms with Crippen molar-refractivity contribution < 1.29 is 19.4 Å². The third kappa shape index (κ3) is 4.75. The number of nitrogens with one attached hydrogen (secondary N) is 1. The summed E-state index contributed by atoms with van der Waals surface area (Å²) >= 11 is 0. The van der Waals surface area contributed by atoms with Crippen LogP contribution in [0.2, 0.25) is 0 Å². The third-order valence-corrected chi connectivity index (χ3v) is 3.82. The Balaban J connectivity index is 2.20. The number of aromatic nitrogens is 4. The highest BCUT2D eigenvalue weighted by molar-refractivity contribution is 5.81. The van der Waals surface area contributed by atoms with Crippen LogP contribution in [-0.2, 0) is 16.0 Å². The molecular weight excluding hydrogens is 326 g/mol. The number of carboxylic acids is 1. The minimum Gasteiger partial charge on any atom is -0.497 e. The van der Waals surface area contributed by atoms with Gasteiger partial charge in [0, 0.05) is 13.0 Å². The van der Waals surface area contributed by atoms with Crippen molar-refractivity contribution in [3.05, 3.63) is 35.7 Å². The summed E-state index contributed by atoms with van der Waals surface area (Å²) in [5.41, 5.74) is 0.876. The van der Waals surface area contributed by atoms with Crippen molar-refractivity contribution in [2.45, 2.75) is 26.3 Å². The summed E-state index contributed by atoms with van der Waals surface area (Å²) in [4.78, 5) is 23.6. The van der Waals surface area contributed by atoms with E-state index in [0.717, 1.165) is 5.56 Å². The van der Waals surface area contributed by atoms with E-state index >= 15 is 0 Å². The van der Waals surface area contributed by atoms with Gasteiger partial charge >= 0.3 is 5.97 Å². The van der Waals surface area contributed by atoms with E-state index in [1.807, 2.05) is 24.3 Å². The van der Waals surface area contributed by atoms with Crippen LogP contribution >= 0.6 is 0 Å². The number of ether oxygens (including phenoxy) is 1. The van der Waals surface area contributed by atoms with Crippen LogP contribution in [0.1, 0.15) is 24.4 Å². The minimum absolute atomic E-state index is 0.0317. The lowest BCUT2D eigenvalue weighted by Crippen LogP contribution is -2.38. The summed E-state index contributed by atoms with van der Waals surface area (Å²) in [5, 5.41) is 22.9. The van der Waals surface area contributed by atoms with Crippen LogP contribution in [0.15, 0.2) is 24.3 Å². The van der Waals surface area contributed by atoms with E-state index in [1.165, 1.54) is 11.6 Å². The number of carbonyl (C=O) groups is 2. The van der Waals surface area contributed by atoms with E-state index in [1.54, 1.807) is 14.0 Å². The normalized spacial score (nSPS) is 13.1. The lowest BCUT2D eigenvalue weighted by molar-refractivity contribution is -0.141. The van der Waals surface area contributed by atoms with Crippen LogP contribution in [0, 0.1) is 12.8 Å². The summed E-state index contributed by atoms with van der Waals surface area (Å²) in [5.74, 6) is -0.815.